The number of rotatable bonds is 3. The number of ether oxygens (including phenoxy) is 1. The van der Waals surface area contributed by atoms with E-state index < -0.39 is 16.8 Å². The summed E-state index contributed by atoms with van der Waals surface area (Å²) in [5.74, 6) is -0.784. The lowest BCUT2D eigenvalue weighted by Gasteiger charge is -2.32. The van der Waals surface area contributed by atoms with Crippen LogP contribution >= 0.6 is 11.8 Å². The summed E-state index contributed by atoms with van der Waals surface area (Å²) in [6.45, 7) is 5.02. The highest BCUT2D eigenvalue weighted by Gasteiger charge is 2.49. The van der Waals surface area contributed by atoms with Crippen molar-refractivity contribution in [3.63, 3.8) is 0 Å². The van der Waals surface area contributed by atoms with Crippen molar-refractivity contribution >= 4 is 23.6 Å². The Morgan fingerprint density at radius 2 is 1.86 bits per heavy atom. The molecule has 1 heterocycles. The topological polar surface area (TPSA) is 69.7 Å². The molecule has 1 aliphatic rings. The van der Waals surface area contributed by atoms with Gasteiger partial charge in [-0.1, -0.05) is 12.1 Å². The second-order valence-electron chi connectivity index (χ2n) is 5.49. The van der Waals surface area contributed by atoms with Crippen molar-refractivity contribution < 1.29 is 19.4 Å². The zero-order chi connectivity index (χ0) is 15.8. The molecule has 0 aromatic heterocycles. The van der Waals surface area contributed by atoms with E-state index in [1.807, 2.05) is 26.0 Å². The third-order valence-electron chi connectivity index (χ3n) is 3.59. The highest BCUT2D eigenvalue weighted by atomic mass is 32.2. The molecule has 2 atom stereocenters. The van der Waals surface area contributed by atoms with Crippen LogP contribution in [0.5, 0.6) is 5.75 Å². The van der Waals surface area contributed by atoms with E-state index in [9.17, 15) is 14.7 Å². The highest BCUT2D eigenvalue weighted by molar-refractivity contribution is 8.01. The number of thioether (sulfide) groups is 1. The summed E-state index contributed by atoms with van der Waals surface area (Å²) < 4.78 is 4.50. The molecule has 0 saturated carbocycles. The van der Waals surface area contributed by atoms with E-state index in [1.54, 1.807) is 19.2 Å². The second-order valence-corrected chi connectivity index (χ2v) is 7.23. The number of amides is 1. The molecule has 1 amide bonds. The molecule has 0 spiro atoms. The van der Waals surface area contributed by atoms with Gasteiger partial charge in [-0.2, -0.15) is 0 Å². The minimum Gasteiger partial charge on any atom is -0.548 e. The summed E-state index contributed by atoms with van der Waals surface area (Å²) in [6.07, 6.45) is 0. The Morgan fingerprint density at radius 1 is 1.29 bits per heavy atom. The van der Waals surface area contributed by atoms with Crippen molar-refractivity contribution in [3.8, 4) is 5.75 Å². The molecule has 1 aliphatic heterocycles. The number of methoxy groups -OCH3 is 1. The number of hydrogen-bond acceptors (Lipinski definition) is 5. The van der Waals surface area contributed by atoms with Crippen LogP contribution in [0.2, 0.25) is 0 Å². The van der Waals surface area contributed by atoms with Crippen LogP contribution in [0.1, 0.15) is 31.7 Å². The van der Waals surface area contributed by atoms with Crippen LogP contribution < -0.4 is 9.84 Å². The number of benzene rings is 1. The molecule has 0 aliphatic carbocycles. The lowest BCUT2D eigenvalue weighted by Crippen LogP contribution is -2.54. The molecule has 0 N–H and O–H groups in total. The Bertz CT molecular complexity index is 555. The molecule has 2 rings (SSSR count). The van der Waals surface area contributed by atoms with Crippen molar-refractivity contribution in [1.29, 1.82) is 0 Å². The standard InChI is InChI=1S/C15H19NO4S/c1-9(17)16-12(14(18)19)15(2,3)21-13(16)10-5-7-11(20-4)8-6-10/h5-8,12-13H,1-4H3,(H,18,19)/p-1/t12-,13-/m0/s1. The van der Waals surface area contributed by atoms with Crippen LogP contribution in [0.25, 0.3) is 0 Å². The number of hydrogen-bond donors (Lipinski definition) is 0. The molecule has 1 fully saturated rings. The first-order chi connectivity index (χ1) is 9.77. The van der Waals surface area contributed by atoms with Crippen LogP contribution in [-0.2, 0) is 9.59 Å². The Labute approximate surface area is 128 Å². The van der Waals surface area contributed by atoms with Crippen LogP contribution in [0.15, 0.2) is 24.3 Å². The summed E-state index contributed by atoms with van der Waals surface area (Å²) in [6, 6.07) is 6.34. The van der Waals surface area contributed by atoms with Gasteiger partial charge in [0.1, 0.15) is 11.1 Å². The maximum atomic E-state index is 12.0. The lowest BCUT2D eigenvalue weighted by atomic mass is 10.0. The lowest BCUT2D eigenvalue weighted by molar-refractivity contribution is -0.311. The summed E-state index contributed by atoms with van der Waals surface area (Å²) in [7, 11) is 1.58. The van der Waals surface area contributed by atoms with E-state index in [0.29, 0.717) is 5.75 Å². The Kier molecular flexibility index (Phi) is 4.18. The van der Waals surface area contributed by atoms with Gasteiger partial charge < -0.3 is 19.5 Å². The number of aliphatic carboxylic acids is 1. The van der Waals surface area contributed by atoms with Crippen molar-refractivity contribution in [2.24, 2.45) is 0 Å². The minimum absolute atomic E-state index is 0.275. The predicted molar refractivity (Wildman–Crippen MR) is 78.7 cm³/mol. The Morgan fingerprint density at radius 3 is 2.29 bits per heavy atom. The van der Waals surface area contributed by atoms with Gasteiger partial charge in [-0.3, -0.25) is 4.79 Å². The average molecular weight is 308 g/mol. The largest absolute Gasteiger partial charge is 0.548 e. The highest BCUT2D eigenvalue weighted by Crippen LogP contribution is 2.52. The van der Waals surface area contributed by atoms with E-state index >= 15 is 0 Å². The SMILES string of the molecule is COc1ccc([C@@H]2SC(C)(C)[C@H](C(=O)[O-])N2C(C)=O)cc1. The van der Waals surface area contributed by atoms with E-state index in [0.717, 1.165) is 5.56 Å². The number of carbonyl (C=O) groups excluding carboxylic acids is 2. The fourth-order valence-electron chi connectivity index (χ4n) is 2.62. The summed E-state index contributed by atoms with van der Waals surface area (Å²) in [5.41, 5.74) is 0.868. The van der Waals surface area contributed by atoms with Gasteiger partial charge in [0.15, 0.2) is 0 Å². The third-order valence-corrected chi connectivity index (χ3v) is 5.15. The first-order valence-corrected chi connectivity index (χ1v) is 7.47. The predicted octanol–water partition coefficient (Wildman–Crippen LogP) is 1.19. The summed E-state index contributed by atoms with van der Waals surface area (Å²) in [4.78, 5) is 24.8. The number of nitrogens with zero attached hydrogens (tertiary/aromatic N) is 1. The van der Waals surface area contributed by atoms with E-state index in [4.69, 9.17) is 4.74 Å². The van der Waals surface area contributed by atoms with E-state index in [1.165, 1.54) is 23.6 Å². The van der Waals surface area contributed by atoms with Gasteiger partial charge in [-0.25, -0.2) is 0 Å². The molecule has 5 nitrogen and oxygen atoms in total. The maximum Gasteiger partial charge on any atom is 0.221 e. The van der Waals surface area contributed by atoms with Crippen LogP contribution in [0, 0.1) is 0 Å². The van der Waals surface area contributed by atoms with Crippen LogP contribution in [0.3, 0.4) is 0 Å². The number of carbonyl (C=O) groups is 2. The molecular weight excluding hydrogens is 290 g/mol. The van der Waals surface area contributed by atoms with Gasteiger partial charge in [-0.15, -0.1) is 11.8 Å². The molecule has 0 unspecified atom stereocenters. The molecule has 114 valence electrons. The molecule has 1 aromatic rings. The van der Waals surface area contributed by atoms with E-state index in [-0.39, 0.29) is 11.3 Å². The number of carboxylic acid groups (broad SMARTS) is 1. The molecule has 1 aromatic carbocycles. The maximum absolute atomic E-state index is 12.0. The zero-order valence-electron chi connectivity index (χ0n) is 12.5. The monoisotopic (exact) mass is 308 g/mol. The fraction of sp³-hybridized carbons (Fsp3) is 0.467. The first-order valence-electron chi connectivity index (χ1n) is 6.59. The van der Waals surface area contributed by atoms with Gasteiger partial charge in [0, 0.05) is 11.7 Å². The molecular formula is C15H18NO4S-. The first kappa shape index (κ1) is 15.7. The Hall–Kier alpha value is -1.69. The summed E-state index contributed by atoms with van der Waals surface area (Å²) in [5, 5.41) is 11.1. The normalized spacial score (nSPS) is 23.9. The quantitative estimate of drug-likeness (QED) is 0.839. The zero-order valence-corrected chi connectivity index (χ0v) is 13.3. The second kappa shape index (κ2) is 5.60. The number of carboxylic acids is 1. The van der Waals surface area contributed by atoms with Crippen LogP contribution in [0.4, 0.5) is 0 Å². The minimum atomic E-state index is -1.22. The molecule has 0 bridgehead atoms. The van der Waals surface area contributed by atoms with Gasteiger partial charge in [0.25, 0.3) is 0 Å². The van der Waals surface area contributed by atoms with Crippen LogP contribution in [-0.4, -0.2) is 34.7 Å². The molecule has 1 saturated heterocycles. The average Bonchev–Trinajstić information content (AvgIpc) is 2.70. The van der Waals surface area contributed by atoms with Gasteiger partial charge in [0.05, 0.1) is 19.1 Å². The smallest absolute Gasteiger partial charge is 0.221 e. The van der Waals surface area contributed by atoms with Crippen molar-refractivity contribution in [1.82, 2.24) is 4.90 Å². The van der Waals surface area contributed by atoms with Gasteiger partial charge in [-0.05, 0) is 31.5 Å². The fourth-order valence-corrected chi connectivity index (χ4v) is 4.21. The van der Waals surface area contributed by atoms with Crippen molar-refractivity contribution in [2.75, 3.05) is 7.11 Å². The third kappa shape index (κ3) is 2.85. The van der Waals surface area contributed by atoms with Gasteiger partial charge in [0.2, 0.25) is 5.91 Å². The summed E-state index contributed by atoms with van der Waals surface area (Å²) >= 11 is 1.45. The molecule has 6 heteroatoms. The van der Waals surface area contributed by atoms with Gasteiger partial charge >= 0.3 is 0 Å². The van der Waals surface area contributed by atoms with Crippen molar-refractivity contribution in [2.45, 2.75) is 36.9 Å². The molecule has 0 radical (unpaired) electrons. The Balaban J connectivity index is 2.42. The molecule has 21 heavy (non-hydrogen) atoms. The van der Waals surface area contributed by atoms with Crippen molar-refractivity contribution in [3.05, 3.63) is 29.8 Å². The van der Waals surface area contributed by atoms with E-state index in [2.05, 4.69) is 0 Å².